The fourth-order valence-corrected chi connectivity index (χ4v) is 4.05. The van der Waals surface area contributed by atoms with Crippen molar-refractivity contribution >= 4 is 27.5 Å². The van der Waals surface area contributed by atoms with Gasteiger partial charge in [0, 0.05) is 18.7 Å². The maximum Gasteiger partial charge on any atom is 0.244 e. The van der Waals surface area contributed by atoms with Gasteiger partial charge in [0.25, 0.3) is 0 Å². The Hall–Kier alpha value is -3.01. The summed E-state index contributed by atoms with van der Waals surface area (Å²) in [6, 6.07) is 8.82. The number of aryl methyl sites for hydroxylation is 1. The van der Waals surface area contributed by atoms with Crippen LogP contribution in [0, 0.1) is 18.6 Å². The fourth-order valence-electron chi connectivity index (χ4n) is 3.21. The Balaban J connectivity index is 2.43. The lowest BCUT2D eigenvalue weighted by atomic mass is 10.1. The largest absolute Gasteiger partial charge is 0.352 e. The number of halogens is 2. The molecule has 7 nitrogen and oxygen atoms in total. The molecule has 10 heteroatoms. The molecular formula is C23H29F2N3O4S. The molecule has 0 fully saturated rings. The zero-order chi connectivity index (χ0) is 24.9. The van der Waals surface area contributed by atoms with Crippen molar-refractivity contribution in [3.63, 3.8) is 0 Å². The summed E-state index contributed by atoms with van der Waals surface area (Å²) < 4.78 is 52.6. The molecule has 0 aliphatic rings. The first-order chi connectivity index (χ1) is 15.3. The molecule has 0 aromatic heterocycles. The molecule has 2 aromatic carbocycles. The number of carbonyl (C=O) groups is 2. The highest BCUT2D eigenvalue weighted by atomic mass is 32.2. The smallest absolute Gasteiger partial charge is 0.244 e. The second-order valence-electron chi connectivity index (χ2n) is 8.16. The molecule has 2 aromatic rings. The van der Waals surface area contributed by atoms with E-state index in [9.17, 15) is 26.8 Å². The Labute approximate surface area is 193 Å². The van der Waals surface area contributed by atoms with Gasteiger partial charge in [-0.05, 0) is 51.0 Å². The molecule has 1 atom stereocenters. The average Bonchev–Trinajstić information content (AvgIpc) is 2.71. The van der Waals surface area contributed by atoms with Crippen LogP contribution < -0.4 is 9.62 Å². The Morgan fingerprint density at radius 2 is 1.67 bits per heavy atom. The summed E-state index contributed by atoms with van der Waals surface area (Å²) in [7, 11) is -4.03. The summed E-state index contributed by atoms with van der Waals surface area (Å²) in [6.07, 6.45) is 0.863. The third kappa shape index (κ3) is 6.98. The van der Waals surface area contributed by atoms with E-state index < -0.39 is 46.1 Å². The van der Waals surface area contributed by atoms with E-state index in [2.05, 4.69) is 5.32 Å². The van der Waals surface area contributed by atoms with Crippen molar-refractivity contribution < 1.29 is 26.8 Å². The summed E-state index contributed by atoms with van der Waals surface area (Å²) in [5.74, 6) is -3.45. The van der Waals surface area contributed by atoms with Crippen LogP contribution in [-0.4, -0.2) is 50.0 Å². The van der Waals surface area contributed by atoms with Crippen molar-refractivity contribution in [2.45, 2.75) is 46.3 Å². The van der Waals surface area contributed by atoms with Crippen LogP contribution in [0.3, 0.4) is 0 Å². The lowest BCUT2D eigenvalue weighted by molar-refractivity contribution is -0.139. The van der Waals surface area contributed by atoms with E-state index >= 15 is 0 Å². The van der Waals surface area contributed by atoms with E-state index in [-0.39, 0.29) is 18.3 Å². The van der Waals surface area contributed by atoms with E-state index in [1.54, 1.807) is 26.8 Å². The zero-order valence-electron chi connectivity index (χ0n) is 19.3. The van der Waals surface area contributed by atoms with Gasteiger partial charge in [0.2, 0.25) is 21.8 Å². The van der Waals surface area contributed by atoms with Crippen LogP contribution in [0.15, 0.2) is 42.5 Å². The number of anilines is 1. The van der Waals surface area contributed by atoms with Crippen LogP contribution in [-0.2, 0) is 26.2 Å². The number of rotatable bonds is 9. The standard InChI is InChI=1S/C23H29F2N3O4S/c1-15(2)26-23(30)17(4)27(13-18-9-7-6-8-16(18)3)22(29)14-28(33(5,31)32)19-10-11-20(24)21(25)12-19/h6-12,15,17H,13-14H2,1-5H3,(H,26,30)/t17-/m1/s1. The summed E-state index contributed by atoms with van der Waals surface area (Å²) in [4.78, 5) is 27.3. The van der Waals surface area contributed by atoms with Gasteiger partial charge in [-0.3, -0.25) is 13.9 Å². The number of hydrogen-bond acceptors (Lipinski definition) is 4. The monoisotopic (exact) mass is 481 g/mol. The first-order valence-corrected chi connectivity index (χ1v) is 12.2. The molecule has 0 aliphatic carbocycles. The maximum absolute atomic E-state index is 13.8. The van der Waals surface area contributed by atoms with E-state index in [1.807, 2.05) is 25.1 Å². The third-order valence-electron chi connectivity index (χ3n) is 5.07. The highest BCUT2D eigenvalue weighted by molar-refractivity contribution is 7.92. The Kier molecular flexibility index (Phi) is 8.54. The lowest BCUT2D eigenvalue weighted by Gasteiger charge is -2.32. The molecule has 180 valence electrons. The lowest BCUT2D eigenvalue weighted by Crippen LogP contribution is -2.52. The maximum atomic E-state index is 13.8. The second-order valence-corrected chi connectivity index (χ2v) is 10.1. The Morgan fingerprint density at radius 3 is 2.21 bits per heavy atom. The molecule has 0 saturated carbocycles. The van der Waals surface area contributed by atoms with Gasteiger partial charge in [0.15, 0.2) is 11.6 Å². The molecule has 33 heavy (non-hydrogen) atoms. The SMILES string of the molecule is Cc1ccccc1CN(C(=O)CN(c1ccc(F)c(F)c1)S(C)(=O)=O)[C@H](C)C(=O)NC(C)C. The molecule has 0 unspecified atom stereocenters. The van der Waals surface area contributed by atoms with Crippen molar-refractivity contribution in [2.24, 2.45) is 0 Å². The predicted octanol–water partition coefficient (Wildman–Crippen LogP) is 2.98. The van der Waals surface area contributed by atoms with E-state index in [1.165, 1.54) is 4.90 Å². The number of nitrogens with zero attached hydrogens (tertiary/aromatic N) is 2. The highest BCUT2D eigenvalue weighted by Gasteiger charge is 2.30. The number of hydrogen-bond donors (Lipinski definition) is 1. The highest BCUT2D eigenvalue weighted by Crippen LogP contribution is 2.22. The summed E-state index contributed by atoms with van der Waals surface area (Å²) in [5, 5.41) is 2.75. The molecule has 2 rings (SSSR count). The topological polar surface area (TPSA) is 86.8 Å². The molecule has 0 aliphatic heterocycles. The Bertz CT molecular complexity index is 1120. The van der Waals surface area contributed by atoms with Crippen LogP contribution in [0.1, 0.15) is 31.9 Å². The normalized spacial score (nSPS) is 12.4. The average molecular weight is 482 g/mol. The van der Waals surface area contributed by atoms with Gasteiger partial charge in [-0.2, -0.15) is 0 Å². The summed E-state index contributed by atoms with van der Waals surface area (Å²) in [6.45, 7) is 6.36. The molecule has 0 radical (unpaired) electrons. The molecule has 1 N–H and O–H groups in total. The Morgan fingerprint density at radius 1 is 1.03 bits per heavy atom. The quantitative estimate of drug-likeness (QED) is 0.597. The van der Waals surface area contributed by atoms with Gasteiger partial charge < -0.3 is 10.2 Å². The van der Waals surface area contributed by atoms with Crippen molar-refractivity contribution in [3.8, 4) is 0 Å². The zero-order valence-corrected chi connectivity index (χ0v) is 20.1. The molecule has 0 spiro atoms. The predicted molar refractivity (Wildman–Crippen MR) is 123 cm³/mol. The van der Waals surface area contributed by atoms with Crippen molar-refractivity contribution in [1.82, 2.24) is 10.2 Å². The summed E-state index contributed by atoms with van der Waals surface area (Å²) >= 11 is 0. The molecule has 0 heterocycles. The van der Waals surface area contributed by atoms with Gasteiger partial charge in [-0.1, -0.05) is 24.3 Å². The van der Waals surface area contributed by atoms with Crippen molar-refractivity contribution in [2.75, 3.05) is 17.1 Å². The molecule has 0 bridgehead atoms. The number of amides is 2. The minimum atomic E-state index is -4.03. The third-order valence-corrected chi connectivity index (χ3v) is 6.21. The van der Waals surface area contributed by atoms with Gasteiger partial charge >= 0.3 is 0 Å². The van der Waals surface area contributed by atoms with E-state index in [0.29, 0.717) is 10.4 Å². The minimum Gasteiger partial charge on any atom is -0.352 e. The number of nitrogens with one attached hydrogen (secondary N) is 1. The van der Waals surface area contributed by atoms with Crippen LogP contribution in [0.2, 0.25) is 0 Å². The molecule has 2 amide bonds. The van der Waals surface area contributed by atoms with Crippen molar-refractivity contribution in [3.05, 3.63) is 65.2 Å². The number of sulfonamides is 1. The second kappa shape index (κ2) is 10.7. The minimum absolute atomic E-state index is 0.0631. The van der Waals surface area contributed by atoms with Gasteiger partial charge in [-0.15, -0.1) is 0 Å². The van der Waals surface area contributed by atoms with Crippen LogP contribution in [0.4, 0.5) is 14.5 Å². The van der Waals surface area contributed by atoms with Gasteiger partial charge in [0.1, 0.15) is 12.6 Å². The van der Waals surface area contributed by atoms with Crippen LogP contribution in [0.25, 0.3) is 0 Å². The van der Waals surface area contributed by atoms with Crippen molar-refractivity contribution in [1.29, 1.82) is 0 Å². The molecule has 0 saturated heterocycles. The van der Waals surface area contributed by atoms with E-state index in [0.717, 1.165) is 29.5 Å². The first kappa shape index (κ1) is 26.2. The fraction of sp³-hybridized carbons (Fsp3) is 0.391. The van der Waals surface area contributed by atoms with Crippen LogP contribution >= 0.6 is 0 Å². The van der Waals surface area contributed by atoms with Gasteiger partial charge in [-0.25, -0.2) is 17.2 Å². The molecular weight excluding hydrogens is 452 g/mol. The number of carbonyl (C=O) groups excluding carboxylic acids is 2. The number of benzene rings is 2. The first-order valence-electron chi connectivity index (χ1n) is 10.4. The van der Waals surface area contributed by atoms with Gasteiger partial charge in [0.05, 0.1) is 11.9 Å². The van der Waals surface area contributed by atoms with E-state index in [4.69, 9.17) is 0 Å². The van der Waals surface area contributed by atoms with Crippen LogP contribution in [0.5, 0.6) is 0 Å². The summed E-state index contributed by atoms with van der Waals surface area (Å²) in [5.41, 5.74) is 1.49.